The summed E-state index contributed by atoms with van der Waals surface area (Å²) in [4.78, 5) is 9.70. The molecule has 0 saturated carbocycles. The van der Waals surface area contributed by atoms with Crippen molar-refractivity contribution in [2.75, 3.05) is 6.54 Å². The van der Waals surface area contributed by atoms with Gasteiger partial charge in [0.25, 0.3) is 0 Å². The van der Waals surface area contributed by atoms with E-state index in [4.69, 9.17) is 11.5 Å². The quantitative estimate of drug-likeness (QED) is 0.474. The maximum Gasteiger partial charge on any atom is 0.310 e. The number of nitrogens with two attached hydrogens (primary N) is 2. The molecule has 5 N–H and O–H groups in total. The molecule has 76 valence electrons. The third kappa shape index (κ3) is 1.98. The molecule has 1 atom stereocenters. The molecule has 0 aromatic heterocycles. The van der Waals surface area contributed by atoms with E-state index in [9.17, 15) is 15.2 Å². The monoisotopic (exact) mass is 197 g/mol. The second-order valence-corrected chi connectivity index (χ2v) is 2.85. The van der Waals surface area contributed by atoms with Crippen molar-refractivity contribution in [2.24, 2.45) is 11.5 Å². The lowest BCUT2D eigenvalue weighted by Crippen LogP contribution is -2.20. The van der Waals surface area contributed by atoms with Crippen molar-refractivity contribution in [2.45, 2.75) is 6.04 Å². The van der Waals surface area contributed by atoms with Gasteiger partial charge in [0.15, 0.2) is 5.75 Å². The number of rotatable bonds is 3. The van der Waals surface area contributed by atoms with Crippen LogP contribution in [0.15, 0.2) is 18.2 Å². The van der Waals surface area contributed by atoms with Crippen LogP contribution in [0.1, 0.15) is 11.6 Å². The van der Waals surface area contributed by atoms with Crippen molar-refractivity contribution in [3.05, 3.63) is 33.9 Å². The SMILES string of the molecule is NC[C@H](N)c1ccc([N+](=O)[O-])c(O)c1. The molecule has 6 heteroatoms. The Morgan fingerprint density at radius 1 is 1.57 bits per heavy atom. The smallest absolute Gasteiger partial charge is 0.310 e. The van der Waals surface area contributed by atoms with Crippen LogP contribution in [-0.2, 0) is 0 Å². The van der Waals surface area contributed by atoms with Gasteiger partial charge in [-0.25, -0.2) is 0 Å². The summed E-state index contributed by atoms with van der Waals surface area (Å²) in [5.74, 6) is -0.392. The fraction of sp³-hybridized carbons (Fsp3) is 0.250. The van der Waals surface area contributed by atoms with Crippen LogP contribution >= 0.6 is 0 Å². The zero-order chi connectivity index (χ0) is 10.7. The number of hydrogen-bond acceptors (Lipinski definition) is 5. The van der Waals surface area contributed by atoms with E-state index in [-0.39, 0.29) is 12.2 Å². The molecule has 0 amide bonds. The van der Waals surface area contributed by atoms with Crippen LogP contribution in [0.4, 0.5) is 5.69 Å². The summed E-state index contributed by atoms with van der Waals surface area (Å²) >= 11 is 0. The van der Waals surface area contributed by atoms with Crippen LogP contribution in [0.3, 0.4) is 0 Å². The first-order valence-corrected chi connectivity index (χ1v) is 3.99. The summed E-state index contributed by atoms with van der Waals surface area (Å²) in [6.07, 6.45) is 0. The van der Waals surface area contributed by atoms with E-state index >= 15 is 0 Å². The molecule has 0 fully saturated rings. The second kappa shape index (κ2) is 4.03. The summed E-state index contributed by atoms with van der Waals surface area (Å²) in [7, 11) is 0. The number of phenolic OH excluding ortho intramolecular Hbond substituents is 1. The van der Waals surface area contributed by atoms with Crippen LogP contribution in [-0.4, -0.2) is 16.6 Å². The number of phenols is 1. The first-order valence-electron chi connectivity index (χ1n) is 3.99. The molecule has 0 radical (unpaired) electrons. The summed E-state index contributed by atoms with van der Waals surface area (Å²) < 4.78 is 0. The van der Waals surface area contributed by atoms with Crippen molar-refractivity contribution < 1.29 is 10.0 Å². The summed E-state index contributed by atoms with van der Waals surface area (Å²) in [5.41, 5.74) is 11.1. The maximum atomic E-state index is 10.4. The van der Waals surface area contributed by atoms with Crippen LogP contribution < -0.4 is 11.5 Å². The number of nitro benzene ring substituents is 1. The lowest BCUT2D eigenvalue weighted by Gasteiger charge is -2.08. The molecule has 0 saturated heterocycles. The van der Waals surface area contributed by atoms with E-state index in [1.807, 2.05) is 0 Å². The van der Waals surface area contributed by atoms with E-state index in [1.165, 1.54) is 18.2 Å². The molecule has 6 nitrogen and oxygen atoms in total. The Kier molecular flexibility index (Phi) is 3.00. The number of aromatic hydroxyl groups is 1. The fourth-order valence-electron chi connectivity index (χ4n) is 1.06. The van der Waals surface area contributed by atoms with Crippen LogP contribution in [0.2, 0.25) is 0 Å². The highest BCUT2D eigenvalue weighted by Crippen LogP contribution is 2.27. The largest absolute Gasteiger partial charge is 0.502 e. The Morgan fingerprint density at radius 3 is 2.64 bits per heavy atom. The van der Waals surface area contributed by atoms with Gasteiger partial charge in [-0.3, -0.25) is 10.1 Å². The van der Waals surface area contributed by atoms with Gasteiger partial charge in [-0.05, 0) is 11.6 Å². The van der Waals surface area contributed by atoms with E-state index in [2.05, 4.69) is 0 Å². The van der Waals surface area contributed by atoms with E-state index < -0.39 is 16.7 Å². The molecule has 1 aromatic rings. The topological polar surface area (TPSA) is 115 Å². The highest BCUT2D eigenvalue weighted by Gasteiger charge is 2.14. The number of benzene rings is 1. The number of nitro groups is 1. The van der Waals surface area contributed by atoms with Crippen molar-refractivity contribution in [3.8, 4) is 5.75 Å². The van der Waals surface area contributed by atoms with Crippen molar-refractivity contribution in [1.29, 1.82) is 0 Å². The van der Waals surface area contributed by atoms with Crippen LogP contribution in [0.5, 0.6) is 5.75 Å². The Labute approximate surface area is 80.3 Å². The first-order chi connectivity index (χ1) is 6.56. The Bertz CT molecular complexity index is 354. The second-order valence-electron chi connectivity index (χ2n) is 2.85. The highest BCUT2D eigenvalue weighted by atomic mass is 16.6. The van der Waals surface area contributed by atoms with Crippen LogP contribution in [0.25, 0.3) is 0 Å². The predicted octanol–water partition coefficient (Wildman–Crippen LogP) is 0.259. The van der Waals surface area contributed by atoms with Gasteiger partial charge in [0.05, 0.1) is 4.92 Å². The predicted molar refractivity (Wildman–Crippen MR) is 50.7 cm³/mol. The van der Waals surface area contributed by atoms with Crippen molar-refractivity contribution >= 4 is 5.69 Å². The average Bonchev–Trinajstić information content (AvgIpc) is 2.15. The molecule has 0 spiro atoms. The summed E-state index contributed by atoms with van der Waals surface area (Å²) in [6, 6.07) is 3.53. The maximum absolute atomic E-state index is 10.4. The lowest BCUT2D eigenvalue weighted by molar-refractivity contribution is -0.385. The summed E-state index contributed by atoms with van der Waals surface area (Å²) in [5, 5.41) is 19.6. The van der Waals surface area contributed by atoms with Gasteiger partial charge in [0, 0.05) is 18.7 Å². The van der Waals surface area contributed by atoms with Gasteiger partial charge in [-0.15, -0.1) is 0 Å². The molecule has 0 unspecified atom stereocenters. The van der Waals surface area contributed by atoms with E-state index in [0.717, 1.165) is 0 Å². The third-order valence-corrected chi connectivity index (χ3v) is 1.88. The molecule has 0 aliphatic heterocycles. The van der Waals surface area contributed by atoms with E-state index in [0.29, 0.717) is 5.56 Å². The Hall–Kier alpha value is -1.66. The van der Waals surface area contributed by atoms with Gasteiger partial charge >= 0.3 is 5.69 Å². The average molecular weight is 197 g/mol. The molecular weight excluding hydrogens is 186 g/mol. The molecular formula is C8H11N3O3. The van der Waals surface area contributed by atoms with Gasteiger partial charge in [-0.1, -0.05) is 6.07 Å². The first kappa shape index (κ1) is 10.4. The molecule has 1 rings (SSSR count). The zero-order valence-electron chi connectivity index (χ0n) is 7.38. The highest BCUT2D eigenvalue weighted by molar-refractivity contribution is 5.47. The van der Waals surface area contributed by atoms with Gasteiger partial charge in [-0.2, -0.15) is 0 Å². The summed E-state index contributed by atoms with van der Waals surface area (Å²) in [6.45, 7) is 0.219. The van der Waals surface area contributed by atoms with Crippen molar-refractivity contribution in [3.63, 3.8) is 0 Å². The molecule has 0 aliphatic carbocycles. The van der Waals surface area contributed by atoms with Gasteiger partial charge in [0.2, 0.25) is 0 Å². The minimum atomic E-state index is -0.660. The number of nitrogens with zero attached hydrogens (tertiary/aromatic N) is 1. The lowest BCUT2D eigenvalue weighted by atomic mass is 10.1. The van der Waals surface area contributed by atoms with Gasteiger partial charge < -0.3 is 16.6 Å². The van der Waals surface area contributed by atoms with E-state index in [1.54, 1.807) is 0 Å². The minimum Gasteiger partial charge on any atom is -0.502 e. The van der Waals surface area contributed by atoms with Crippen LogP contribution in [0, 0.1) is 10.1 Å². The minimum absolute atomic E-state index is 0.219. The Balaban J connectivity index is 3.06. The van der Waals surface area contributed by atoms with Gasteiger partial charge in [0.1, 0.15) is 0 Å². The third-order valence-electron chi connectivity index (χ3n) is 1.88. The normalized spacial score (nSPS) is 12.4. The zero-order valence-corrected chi connectivity index (χ0v) is 7.38. The van der Waals surface area contributed by atoms with Crippen molar-refractivity contribution in [1.82, 2.24) is 0 Å². The molecule has 1 aromatic carbocycles. The molecule has 0 bridgehead atoms. The molecule has 0 aliphatic rings. The number of hydrogen-bond donors (Lipinski definition) is 3. The Morgan fingerprint density at radius 2 is 2.21 bits per heavy atom. The fourth-order valence-corrected chi connectivity index (χ4v) is 1.06. The molecule has 0 heterocycles. The molecule has 14 heavy (non-hydrogen) atoms. The standard InChI is InChI=1S/C8H11N3O3/c9-4-6(10)5-1-2-7(11(13)14)8(12)3-5/h1-3,6,12H,4,9-10H2/t6-/m0/s1.